The van der Waals surface area contributed by atoms with Gasteiger partial charge in [0.1, 0.15) is 0 Å². The van der Waals surface area contributed by atoms with Crippen LogP contribution in [0.25, 0.3) is 11.4 Å². The van der Waals surface area contributed by atoms with Crippen molar-refractivity contribution in [1.29, 1.82) is 0 Å². The highest BCUT2D eigenvalue weighted by molar-refractivity contribution is 5.91. The number of tetrazole rings is 1. The third kappa shape index (κ3) is 3.73. The van der Waals surface area contributed by atoms with Gasteiger partial charge in [-0.25, -0.2) is 4.68 Å². The van der Waals surface area contributed by atoms with Crippen LogP contribution in [0.5, 0.6) is 0 Å². The van der Waals surface area contributed by atoms with Crippen LogP contribution in [0.4, 0.5) is 5.69 Å². The molecule has 1 amide bonds. The molecule has 8 heteroatoms. The SMILES string of the molecule is Cl.O=C(CC1CCNC1)Nc1cccc(-c2nnnn2C2CC2)c1. The lowest BCUT2D eigenvalue weighted by Crippen LogP contribution is -2.18. The van der Waals surface area contributed by atoms with Gasteiger partial charge in [0.15, 0.2) is 5.82 Å². The van der Waals surface area contributed by atoms with E-state index in [4.69, 9.17) is 0 Å². The van der Waals surface area contributed by atoms with E-state index in [0.29, 0.717) is 18.4 Å². The van der Waals surface area contributed by atoms with Crippen LogP contribution < -0.4 is 10.6 Å². The molecule has 1 saturated heterocycles. The van der Waals surface area contributed by atoms with E-state index in [2.05, 4.69) is 26.2 Å². The van der Waals surface area contributed by atoms with Gasteiger partial charge in [0.25, 0.3) is 0 Å². The number of anilines is 1. The third-order valence-electron chi connectivity index (χ3n) is 4.43. The van der Waals surface area contributed by atoms with Gasteiger partial charge in [-0.3, -0.25) is 4.79 Å². The van der Waals surface area contributed by atoms with E-state index in [9.17, 15) is 4.79 Å². The topological polar surface area (TPSA) is 84.7 Å². The fourth-order valence-electron chi connectivity index (χ4n) is 3.05. The van der Waals surface area contributed by atoms with Crippen molar-refractivity contribution in [3.63, 3.8) is 0 Å². The van der Waals surface area contributed by atoms with Gasteiger partial charge < -0.3 is 10.6 Å². The highest BCUT2D eigenvalue weighted by Crippen LogP contribution is 2.36. The van der Waals surface area contributed by atoms with Crippen LogP contribution in [0, 0.1) is 5.92 Å². The van der Waals surface area contributed by atoms with E-state index in [-0.39, 0.29) is 18.3 Å². The molecule has 1 aromatic heterocycles. The van der Waals surface area contributed by atoms with Crippen LogP contribution >= 0.6 is 12.4 Å². The Bertz CT molecular complexity index is 708. The summed E-state index contributed by atoms with van der Waals surface area (Å²) in [5.74, 6) is 1.28. The molecule has 1 aliphatic heterocycles. The van der Waals surface area contributed by atoms with Gasteiger partial charge in [-0.05, 0) is 60.8 Å². The number of amides is 1. The van der Waals surface area contributed by atoms with E-state index in [1.54, 1.807) is 0 Å². The standard InChI is InChI=1S/C16H20N6O.ClH/c23-15(8-11-6-7-17-10-11)18-13-3-1-2-12(9-13)16-19-20-21-22(16)14-4-5-14;/h1-3,9,11,14,17H,4-8,10H2,(H,18,23);1H. The number of benzene rings is 1. The van der Waals surface area contributed by atoms with Gasteiger partial charge in [0.05, 0.1) is 6.04 Å². The van der Waals surface area contributed by atoms with Crippen LogP contribution in [-0.2, 0) is 4.79 Å². The second-order valence-electron chi connectivity index (χ2n) is 6.37. The highest BCUT2D eigenvalue weighted by atomic mass is 35.5. The second-order valence-corrected chi connectivity index (χ2v) is 6.37. The summed E-state index contributed by atoms with van der Waals surface area (Å²) in [5, 5.41) is 18.3. The lowest BCUT2D eigenvalue weighted by molar-refractivity contribution is -0.116. The number of nitrogens with zero attached hydrogens (tertiary/aromatic N) is 4. The molecule has 0 spiro atoms. The van der Waals surface area contributed by atoms with Crippen molar-refractivity contribution < 1.29 is 4.79 Å². The zero-order valence-electron chi connectivity index (χ0n) is 13.3. The Morgan fingerprint density at radius 1 is 1.33 bits per heavy atom. The molecule has 2 aromatic rings. The van der Waals surface area contributed by atoms with Crippen molar-refractivity contribution in [1.82, 2.24) is 25.5 Å². The van der Waals surface area contributed by atoms with Gasteiger partial charge in [-0.2, -0.15) is 0 Å². The number of rotatable bonds is 5. The Morgan fingerprint density at radius 3 is 2.96 bits per heavy atom. The maximum absolute atomic E-state index is 12.2. The molecule has 2 N–H and O–H groups in total. The lowest BCUT2D eigenvalue weighted by atomic mass is 10.0. The Kier molecular flexibility index (Phi) is 5.11. The number of hydrogen-bond donors (Lipinski definition) is 2. The molecule has 128 valence electrons. The fraction of sp³-hybridized carbons (Fsp3) is 0.500. The number of carbonyl (C=O) groups is 1. The number of aromatic nitrogens is 4. The molecule has 2 heterocycles. The molecule has 2 aliphatic rings. The first-order valence-corrected chi connectivity index (χ1v) is 8.18. The minimum atomic E-state index is 0. The maximum atomic E-state index is 12.2. The van der Waals surface area contributed by atoms with Crippen LogP contribution in [0.15, 0.2) is 24.3 Å². The molecule has 1 atom stereocenters. The Morgan fingerprint density at radius 2 is 2.21 bits per heavy atom. The van der Waals surface area contributed by atoms with Crippen LogP contribution in [0.3, 0.4) is 0 Å². The Hall–Kier alpha value is -1.99. The fourth-order valence-corrected chi connectivity index (χ4v) is 3.05. The Balaban J connectivity index is 0.00000169. The number of nitrogens with one attached hydrogen (secondary N) is 2. The van der Waals surface area contributed by atoms with Gasteiger partial charge in [-0.1, -0.05) is 12.1 Å². The molecule has 1 aliphatic carbocycles. The number of halogens is 1. The minimum Gasteiger partial charge on any atom is -0.326 e. The predicted molar refractivity (Wildman–Crippen MR) is 93.0 cm³/mol. The average Bonchev–Trinajstić information content (AvgIpc) is 3.06. The van der Waals surface area contributed by atoms with E-state index in [1.165, 1.54) is 0 Å². The summed E-state index contributed by atoms with van der Waals surface area (Å²) in [4.78, 5) is 12.2. The monoisotopic (exact) mass is 348 g/mol. The largest absolute Gasteiger partial charge is 0.326 e. The summed E-state index contributed by atoms with van der Waals surface area (Å²) >= 11 is 0. The summed E-state index contributed by atoms with van der Waals surface area (Å²) < 4.78 is 1.88. The summed E-state index contributed by atoms with van der Waals surface area (Å²) in [6.45, 7) is 1.95. The lowest BCUT2D eigenvalue weighted by Gasteiger charge is -2.10. The summed E-state index contributed by atoms with van der Waals surface area (Å²) in [6, 6.07) is 8.16. The smallest absolute Gasteiger partial charge is 0.224 e. The third-order valence-corrected chi connectivity index (χ3v) is 4.43. The van der Waals surface area contributed by atoms with Crippen molar-refractivity contribution in [2.75, 3.05) is 18.4 Å². The van der Waals surface area contributed by atoms with E-state index < -0.39 is 0 Å². The maximum Gasteiger partial charge on any atom is 0.224 e. The quantitative estimate of drug-likeness (QED) is 0.863. The predicted octanol–water partition coefficient (Wildman–Crippen LogP) is 2.03. The normalized spacial score (nSPS) is 19.8. The van der Waals surface area contributed by atoms with Crippen molar-refractivity contribution in [3.05, 3.63) is 24.3 Å². The zero-order chi connectivity index (χ0) is 15.6. The molecule has 1 aromatic carbocycles. The van der Waals surface area contributed by atoms with E-state index in [0.717, 1.165) is 49.4 Å². The van der Waals surface area contributed by atoms with Gasteiger partial charge >= 0.3 is 0 Å². The van der Waals surface area contributed by atoms with Crippen molar-refractivity contribution >= 4 is 24.0 Å². The first-order chi connectivity index (χ1) is 11.3. The van der Waals surface area contributed by atoms with Crippen molar-refractivity contribution in [3.8, 4) is 11.4 Å². The number of hydrogen-bond acceptors (Lipinski definition) is 5. The van der Waals surface area contributed by atoms with Gasteiger partial charge in [0.2, 0.25) is 5.91 Å². The second kappa shape index (κ2) is 7.27. The molecular formula is C16H21ClN6O. The molecule has 7 nitrogen and oxygen atoms in total. The molecule has 1 saturated carbocycles. The van der Waals surface area contributed by atoms with Crippen LogP contribution in [0.1, 0.15) is 31.7 Å². The molecule has 2 fully saturated rings. The molecular weight excluding hydrogens is 328 g/mol. The molecule has 0 radical (unpaired) electrons. The highest BCUT2D eigenvalue weighted by Gasteiger charge is 2.28. The van der Waals surface area contributed by atoms with Crippen molar-refractivity contribution in [2.45, 2.75) is 31.7 Å². The summed E-state index contributed by atoms with van der Waals surface area (Å²) in [6.07, 6.45) is 3.90. The molecule has 1 unspecified atom stereocenters. The minimum absolute atomic E-state index is 0. The van der Waals surface area contributed by atoms with Crippen LogP contribution in [-0.4, -0.2) is 39.2 Å². The zero-order valence-corrected chi connectivity index (χ0v) is 14.1. The molecule has 24 heavy (non-hydrogen) atoms. The number of carbonyl (C=O) groups excluding carboxylic acids is 1. The van der Waals surface area contributed by atoms with E-state index in [1.807, 2.05) is 28.9 Å². The first kappa shape index (κ1) is 16.9. The molecule has 4 rings (SSSR count). The first-order valence-electron chi connectivity index (χ1n) is 8.18. The Labute approximate surface area is 146 Å². The average molecular weight is 349 g/mol. The molecule has 0 bridgehead atoms. The van der Waals surface area contributed by atoms with Crippen molar-refractivity contribution in [2.24, 2.45) is 5.92 Å². The van der Waals surface area contributed by atoms with Gasteiger partial charge in [0, 0.05) is 17.7 Å². The van der Waals surface area contributed by atoms with E-state index >= 15 is 0 Å². The van der Waals surface area contributed by atoms with Crippen LogP contribution in [0.2, 0.25) is 0 Å². The van der Waals surface area contributed by atoms with Gasteiger partial charge in [-0.15, -0.1) is 17.5 Å². The summed E-state index contributed by atoms with van der Waals surface area (Å²) in [7, 11) is 0. The summed E-state index contributed by atoms with van der Waals surface area (Å²) in [5.41, 5.74) is 1.73.